The molecule has 3 heterocycles. The van der Waals surface area contributed by atoms with Gasteiger partial charge in [-0.15, -0.1) is 0 Å². The summed E-state index contributed by atoms with van der Waals surface area (Å²) in [6.45, 7) is 6.81. The minimum atomic E-state index is -0.286. The van der Waals surface area contributed by atoms with Gasteiger partial charge in [-0.05, 0) is 38.0 Å². The normalized spacial score (nSPS) is 13.2. The van der Waals surface area contributed by atoms with Crippen LogP contribution in [-0.2, 0) is 13.0 Å². The van der Waals surface area contributed by atoms with Gasteiger partial charge in [0.05, 0.1) is 12.8 Å². The predicted molar refractivity (Wildman–Crippen MR) is 120 cm³/mol. The zero-order chi connectivity index (χ0) is 22.8. The Labute approximate surface area is 186 Å². The molecular formula is C23H26FN7O. The molecule has 2 aromatic heterocycles. The number of ether oxygens (including phenoxy) is 1. The van der Waals surface area contributed by atoms with Gasteiger partial charge in [-0.1, -0.05) is 6.92 Å². The lowest BCUT2D eigenvalue weighted by Gasteiger charge is -2.20. The lowest BCUT2D eigenvalue weighted by molar-refractivity contribution is 0.323. The van der Waals surface area contributed by atoms with Crippen LogP contribution in [0.5, 0.6) is 5.75 Å². The summed E-state index contributed by atoms with van der Waals surface area (Å²) >= 11 is 0. The van der Waals surface area contributed by atoms with Crippen molar-refractivity contribution in [1.29, 1.82) is 5.26 Å². The molecule has 0 bridgehead atoms. The summed E-state index contributed by atoms with van der Waals surface area (Å²) in [5.41, 5.74) is 4.03. The fourth-order valence-electron chi connectivity index (χ4n) is 3.74. The molecule has 1 aliphatic heterocycles. The van der Waals surface area contributed by atoms with E-state index >= 15 is 0 Å². The highest BCUT2D eigenvalue weighted by atomic mass is 19.1. The van der Waals surface area contributed by atoms with Gasteiger partial charge in [-0.25, -0.2) is 20.2 Å². The summed E-state index contributed by atoms with van der Waals surface area (Å²) in [4.78, 5) is 9.03. The van der Waals surface area contributed by atoms with E-state index in [-0.39, 0.29) is 24.1 Å². The SMILES string of the molecule is CC/C(=C\N(N)C(C)C)c1cnc(NCc2c(F)ccc3c2CCO3)n2cc(C#N)nc12. The number of hydrazine groups is 1. The van der Waals surface area contributed by atoms with Crippen LogP contribution in [0.2, 0.25) is 0 Å². The van der Waals surface area contributed by atoms with E-state index in [1.54, 1.807) is 27.9 Å². The molecule has 166 valence electrons. The van der Waals surface area contributed by atoms with Crippen molar-refractivity contribution >= 4 is 17.2 Å². The molecule has 0 aliphatic carbocycles. The van der Waals surface area contributed by atoms with Crippen molar-refractivity contribution in [3.63, 3.8) is 0 Å². The van der Waals surface area contributed by atoms with E-state index in [4.69, 9.17) is 10.6 Å². The Kier molecular flexibility index (Phi) is 5.97. The number of rotatable bonds is 7. The van der Waals surface area contributed by atoms with Crippen molar-refractivity contribution in [2.45, 2.75) is 46.2 Å². The molecule has 0 atom stereocenters. The molecule has 3 aromatic rings. The van der Waals surface area contributed by atoms with Gasteiger partial charge in [0.1, 0.15) is 23.3 Å². The van der Waals surface area contributed by atoms with Crippen LogP contribution >= 0.6 is 0 Å². The van der Waals surface area contributed by atoms with E-state index in [0.717, 1.165) is 22.4 Å². The minimum absolute atomic E-state index is 0.127. The van der Waals surface area contributed by atoms with Gasteiger partial charge in [0.25, 0.3) is 0 Å². The van der Waals surface area contributed by atoms with Crippen molar-refractivity contribution in [1.82, 2.24) is 19.4 Å². The molecule has 0 radical (unpaired) electrons. The maximum Gasteiger partial charge on any atom is 0.208 e. The number of hydrogen-bond donors (Lipinski definition) is 2. The van der Waals surface area contributed by atoms with Crippen LogP contribution < -0.4 is 15.9 Å². The number of anilines is 1. The van der Waals surface area contributed by atoms with Gasteiger partial charge in [-0.2, -0.15) is 5.26 Å². The smallest absolute Gasteiger partial charge is 0.208 e. The summed E-state index contributed by atoms with van der Waals surface area (Å²) < 4.78 is 21.8. The number of nitrogens with zero attached hydrogens (tertiary/aromatic N) is 5. The average molecular weight is 436 g/mol. The minimum Gasteiger partial charge on any atom is -0.493 e. The van der Waals surface area contributed by atoms with E-state index in [0.29, 0.717) is 36.6 Å². The molecule has 4 rings (SSSR count). The third-order valence-corrected chi connectivity index (χ3v) is 5.60. The van der Waals surface area contributed by atoms with E-state index < -0.39 is 0 Å². The highest BCUT2D eigenvalue weighted by Crippen LogP contribution is 2.31. The van der Waals surface area contributed by atoms with Crippen LogP contribution in [0.25, 0.3) is 11.2 Å². The molecule has 0 spiro atoms. The molecular weight excluding hydrogens is 409 g/mol. The Morgan fingerprint density at radius 1 is 1.47 bits per heavy atom. The second-order valence-electron chi connectivity index (χ2n) is 7.93. The number of hydrogen-bond acceptors (Lipinski definition) is 7. The van der Waals surface area contributed by atoms with Gasteiger partial charge >= 0.3 is 0 Å². The number of halogens is 1. The number of nitrogens with two attached hydrogens (primary N) is 1. The highest BCUT2D eigenvalue weighted by Gasteiger charge is 2.20. The molecule has 1 aliphatic rings. The quantitative estimate of drug-likeness (QED) is 0.431. The van der Waals surface area contributed by atoms with Crippen molar-refractivity contribution in [2.24, 2.45) is 5.84 Å². The Morgan fingerprint density at radius 2 is 2.28 bits per heavy atom. The first-order valence-electron chi connectivity index (χ1n) is 10.6. The number of nitriles is 1. The maximum absolute atomic E-state index is 14.5. The zero-order valence-electron chi connectivity index (χ0n) is 18.4. The molecule has 9 heteroatoms. The number of nitrogens with one attached hydrogen (secondary N) is 1. The van der Waals surface area contributed by atoms with Gasteiger partial charge in [0, 0.05) is 48.1 Å². The first-order chi connectivity index (χ1) is 15.4. The third kappa shape index (κ3) is 3.97. The summed E-state index contributed by atoms with van der Waals surface area (Å²) in [5, 5.41) is 14.3. The van der Waals surface area contributed by atoms with Crippen molar-refractivity contribution in [3.8, 4) is 11.8 Å². The molecule has 0 amide bonds. The van der Waals surface area contributed by atoms with E-state index in [1.165, 1.54) is 6.07 Å². The van der Waals surface area contributed by atoms with Gasteiger partial charge in [-0.3, -0.25) is 4.40 Å². The van der Waals surface area contributed by atoms with Gasteiger partial charge in [0.15, 0.2) is 5.69 Å². The first-order valence-corrected chi connectivity index (χ1v) is 10.6. The van der Waals surface area contributed by atoms with Crippen LogP contribution in [0.1, 0.15) is 49.6 Å². The van der Waals surface area contributed by atoms with Crippen molar-refractivity contribution in [3.05, 3.63) is 58.9 Å². The number of allylic oxidation sites excluding steroid dienone is 1. The van der Waals surface area contributed by atoms with Crippen molar-refractivity contribution < 1.29 is 9.13 Å². The van der Waals surface area contributed by atoms with Crippen LogP contribution in [-0.4, -0.2) is 32.0 Å². The second-order valence-corrected chi connectivity index (χ2v) is 7.93. The fourth-order valence-corrected chi connectivity index (χ4v) is 3.74. The summed E-state index contributed by atoms with van der Waals surface area (Å²) in [7, 11) is 0. The number of imidazole rings is 1. The van der Waals surface area contributed by atoms with Gasteiger partial charge in [0.2, 0.25) is 5.95 Å². The lowest BCUT2D eigenvalue weighted by Crippen LogP contribution is -2.32. The highest BCUT2D eigenvalue weighted by molar-refractivity contribution is 5.76. The molecule has 3 N–H and O–H groups in total. The Hall–Kier alpha value is -3.64. The van der Waals surface area contributed by atoms with Crippen molar-refractivity contribution in [2.75, 3.05) is 11.9 Å². The number of benzene rings is 1. The molecule has 0 unspecified atom stereocenters. The fraction of sp³-hybridized carbons (Fsp3) is 0.348. The number of fused-ring (bicyclic) bond motifs is 2. The van der Waals surface area contributed by atoms with E-state index in [2.05, 4.69) is 21.4 Å². The molecule has 8 nitrogen and oxygen atoms in total. The molecule has 0 saturated carbocycles. The summed E-state index contributed by atoms with van der Waals surface area (Å²) in [6.07, 6.45) is 6.59. The molecule has 1 aromatic carbocycles. The largest absolute Gasteiger partial charge is 0.493 e. The first kappa shape index (κ1) is 21.6. The standard InChI is InChI=1S/C23H26FN7O/c1-4-15(12-31(26)14(2)3)18-10-27-23(30-13-16(9-25)29-22(18)30)28-11-19-17-7-8-32-21(17)6-5-20(19)24/h5-6,10,12-14H,4,7-8,11,26H2,1-3H3,(H,27,28)/b15-12+. The van der Waals surface area contributed by atoms with E-state index in [9.17, 15) is 9.65 Å². The predicted octanol–water partition coefficient (Wildman–Crippen LogP) is 3.62. The Bertz CT molecular complexity index is 1230. The second kappa shape index (κ2) is 8.85. The van der Waals surface area contributed by atoms with Crippen LogP contribution in [0.15, 0.2) is 30.7 Å². The molecule has 0 saturated heterocycles. The van der Waals surface area contributed by atoms with Crippen LogP contribution in [0.3, 0.4) is 0 Å². The topological polar surface area (TPSA) is 104 Å². The third-order valence-electron chi connectivity index (χ3n) is 5.60. The Morgan fingerprint density at radius 3 is 3.00 bits per heavy atom. The van der Waals surface area contributed by atoms with E-state index in [1.807, 2.05) is 27.0 Å². The number of aromatic nitrogens is 3. The lowest BCUT2D eigenvalue weighted by atomic mass is 10.0. The summed E-state index contributed by atoms with van der Waals surface area (Å²) in [5.74, 6) is 7.01. The monoisotopic (exact) mass is 435 g/mol. The van der Waals surface area contributed by atoms with Crippen LogP contribution in [0, 0.1) is 17.1 Å². The summed E-state index contributed by atoms with van der Waals surface area (Å²) in [6, 6.07) is 5.30. The maximum atomic E-state index is 14.5. The van der Waals surface area contributed by atoms with Gasteiger partial charge < -0.3 is 15.1 Å². The van der Waals surface area contributed by atoms with Crippen LogP contribution in [0.4, 0.5) is 10.3 Å². The molecule has 32 heavy (non-hydrogen) atoms. The average Bonchev–Trinajstić information content (AvgIpc) is 3.43. The molecule has 0 fully saturated rings. The zero-order valence-corrected chi connectivity index (χ0v) is 18.4. The Balaban J connectivity index is 1.72.